The molecule has 1 atom stereocenters. The van der Waals surface area contributed by atoms with E-state index in [2.05, 4.69) is 10.1 Å². The first-order valence-electron chi connectivity index (χ1n) is 6.57. The minimum absolute atomic E-state index is 0.186. The Balaban J connectivity index is 2.58. The second-order valence-corrected chi connectivity index (χ2v) is 5.98. The summed E-state index contributed by atoms with van der Waals surface area (Å²) in [5.74, 6) is 0.106. The number of ether oxygens (including phenoxy) is 1. The third-order valence-electron chi connectivity index (χ3n) is 3.04. The smallest absolute Gasteiger partial charge is 0.337 e. The number of hydrogen-bond donors (Lipinski definition) is 2. The molecule has 1 rings (SSSR count). The van der Waals surface area contributed by atoms with Crippen molar-refractivity contribution in [3.8, 4) is 0 Å². The molecule has 0 saturated carbocycles. The van der Waals surface area contributed by atoms with Crippen molar-refractivity contribution in [2.75, 3.05) is 25.7 Å². The third kappa shape index (κ3) is 5.77. The molecule has 0 aliphatic rings. The maximum absolute atomic E-state index is 12.0. The number of rotatable bonds is 7. The molecule has 1 amide bonds. The van der Waals surface area contributed by atoms with Crippen molar-refractivity contribution in [3.63, 3.8) is 0 Å². The van der Waals surface area contributed by atoms with E-state index >= 15 is 0 Å². The van der Waals surface area contributed by atoms with Crippen molar-refractivity contribution in [2.45, 2.75) is 18.9 Å². The largest absolute Gasteiger partial charge is 0.465 e. The van der Waals surface area contributed by atoms with Crippen LogP contribution in [0.25, 0.3) is 0 Å². The van der Waals surface area contributed by atoms with Crippen LogP contribution in [0.2, 0.25) is 0 Å². The zero-order valence-corrected chi connectivity index (χ0v) is 13.3. The van der Waals surface area contributed by atoms with Crippen LogP contribution >= 0.6 is 11.8 Å². The standard InChI is InChI=1S/C15H21NO4S/c1-15(19,8-9-21-3)10-16-13(17)11-4-6-12(7-5-11)14(18)20-2/h4-7,19H,8-10H2,1-3H3,(H,16,17)/t15-/m0/s1. The molecule has 0 aliphatic heterocycles. The Morgan fingerprint density at radius 2 is 1.86 bits per heavy atom. The van der Waals surface area contributed by atoms with Crippen molar-refractivity contribution in [1.82, 2.24) is 5.32 Å². The minimum Gasteiger partial charge on any atom is -0.465 e. The zero-order valence-electron chi connectivity index (χ0n) is 12.5. The Morgan fingerprint density at radius 3 is 2.38 bits per heavy atom. The summed E-state index contributed by atoms with van der Waals surface area (Å²) in [5, 5.41) is 12.8. The summed E-state index contributed by atoms with van der Waals surface area (Å²) in [4.78, 5) is 23.3. The molecule has 0 fully saturated rings. The first kappa shape index (κ1) is 17.5. The highest BCUT2D eigenvalue weighted by molar-refractivity contribution is 7.98. The first-order chi connectivity index (χ1) is 9.89. The Labute approximate surface area is 129 Å². The number of amides is 1. The molecule has 0 aromatic heterocycles. The van der Waals surface area contributed by atoms with E-state index in [1.807, 2.05) is 6.26 Å². The Bertz CT molecular complexity index is 485. The number of thioether (sulfide) groups is 1. The molecule has 0 spiro atoms. The van der Waals surface area contributed by atoms with Gasteiger partial charge in [-0.1, -0.05) is 0 Å². The monoisotopic (exact) mass is 311 g/mol. The van der Waals surface area contributed by atoms with Crippen LogP contribution in [0, 0.1) is 0 Å². The number of carbonyl (C=O) groups excluding carboxylic acids is 2. The molecule has 0 aliphatic carbocycles. The number of esters is 1. The van der Waals surface area contributed by atoms with E-state index in [9.17, 15) is 14.7 Å². The highest BCUT2D eigenvalue weighted by atomic mass is 32.2. The van der Waals surface area contributed by atoms with E-state index in [0.717, 1.165) is 5.75 Å². The molecule has 1 aromatic rings. The number of aliphatic hydroxyl groups is 1. The van der Waals surface area contributed by atoms with Crippen LogP contribution in [-0.2, 0) is 4.74 Å². The number of nitrogens with one attached hydrogen (secondary N) is 1. The van der Waals surface area contributed by atoms with E-state index in [-0.39, 0.29) is 12.5 Å². The summed E-state index contributed by atoms with van der Waals surface area (Å²) >= 11 is 1.65. The molecule has 0 unspecified atom stereocenters. The van der Waals surface area contributed by atoms with Crippen LogP contribution in [-0.4, -0.2) is 48.2 Å². The predicted molar refractivity (Wildman–Crippen MR) is 83.7 cm³/mol. The summed E-state index contributed by atoms with van der Waals surface area (Å²) in [6.45, 7) is 1.88. The van der Waals surface area contributed by atoms with Gasteiger partial charge in [0.2, 0.25) is 0 Å². The molecule has 116 valence electrons. The molecule has 21 heavy (non-hydrogen) atoms. The fourth-order valence-electron chi connectivity index (χ4n) is 1.66. The van der Waals surface area contributed by atoms with Gasteiger partial charge in [-0.15, -0.1) is 0 Å². The third-order valence-corrected chi connectivity index (χ3v) is 3.66. The number of carbonyl (C=O) groups is 2. The van der Waals surface area contributed by atoms with Gasteiger partial charge in [-0.05, 0) is 49.6 Å². The molecule has 0 heterocycles. The van der Waals surface area contributed by atoms with Gasteiger partial charge in [-0.3, -0.25) is 4.79 Å². The molecule has 2 N–H and O–H groups in total. The van der Waals surface area contributed by atoms with E-state index in [4.69, 9.17) is 0 Å². The van der Waals surface area contributed by atoms with Crippen molar-refractivity contribution < 1.29 is 19.4 Å². The molecular weight excluding hydrogens is 290 g/mol. The predicted octanol–water partition coefficient (Wildman–Crippen LogP) is 1.71. The molecule has 0 bridgehead atoms. The minimum atomic E-state index is -0.926. The van der Waals surface area contributed by atoms with Crippen molar-refractivity contribution in [1.29, 1.82) is 0 Å². The van der Waals surface area contributed by atoms with Crippen LogP contribution in [0.5, 0.6) is 0 Å². The van der Waals surface area contributed by atoms with E-state index in [0.29, 0.717) is 17.5 Å². The second-order valence-electron chi connectivity index (χ2n) is 4.99. The number of benzene rings is 1. The number of methoxy groups -OCH3 is 1. The Morgan fingerprint density at radius 1 is 1.29 bits per heavy atom. The van der Waals surface area contributed by atoms with Crippen LogP contribution in [0.3, 0.4) is 0 Å². The zero-order chi connectivity index (χ0) is 15.9. The molecular formula is C15H21NO4S. The molecule has 0 radical (unpaired) electrons. The molecule has 6 heteroatoms. The van der Waals surface area contributed by atoms with Gasteiger partial charge in [-0.25, -0.2) is 4.79 Å². The van der Waals surface area contributed by atoms with Gasteiger partial charge >= 0.3 is 5.97 Å². The summed E-state index contributed by atoms with van der Waals surface area (Å²) in [6.07, 6.45) is 2.58. The normalized spacial score (nSPS) is 13.3. The van der Waals surface area contributed by atoms with Gasteiger partial charge in [0.25, 0.3) is 5.91 Å². The van der Waals surface area contributed by atoms with E-state index in [1.165, 1.54) is 19.2 Å². The molecule has 0 saturated heterocycles. The Kier molecular flexibility index (Phi) is 6.71. The maximum atomic E-state index is 12.0. The quantitative estimate of drug-likeness (QED) is 0.750. The van der Waals surface area contributed by atoms with Gasteiger partial charge < -0.3 is 15.2 Å². The van der Waals surface area contributed by atoms with Crippen molar-refractivity contribution in [2.24, 2.45) is 0 Å². The van der Waals surface area contributed by atoms with Gasteiger partial charge in [0.05, 0.1) is 18.3 Å². The fourth-order valence-corrected chi connectivity index (χ4v) is 2.30. The lowest BCUT2D eigenvalue weighted by Gasteiger charge is -2.23. The SMILES string of the molecule is COC(=O)c1ccc(C(=O)NC[C@@](C)(O)CCSC)cc1. The van der Waals surface area contributed by atoms with Crippen molar-refractivity contribution in [3.05, 3.63) is 35.4 Å². The Hall–Kier alpha value is -1.53. The highest BCUT2D eigenvalue weighted by Crippen LogP contribution is 2.12. The fraction of sp³-hybridized carbons (Fsp3) is 0.467. The summed E-state index contributed by atoms with van der Waals surface area (Å²) in [7, 11) is 1.31. The molecule has 5 nitrogen and oxygen atoms in total. The lowest BCUT2D eigenvalue weighted by atomic mass is 10.0. The first-order valence-corrected chi connectivity index (χ1v) is 7.97. The summed E-state index contributed by atoms with van der Waals surface area (Å²) in [5.41, 5.74) is -0.103. The van der Waals surface area contributed by atoms with Gasteiger partial charge in [0.15, 0.2) is 0 Å². The lowest BCUT2D eigenvalue weighted by Crippen LogP contribution is -2.41. The summed E-state index contributed by atoms with van der Waals surface area (Å²) < 4.78 is 4.59. The van der Waals surface area contributed by atoms with Gasteiger partial charge in [-0.2, -0.15) is 11.8 Å². The average molecular weight is 311 g/mol. The maximum Gasteiger partial charge on any atom is 0.337 e. The van der Waals surface area contributed by atoms with Gasteiger partial charge in [0, 0.05) is 12.1 Å². The van der Waals surface area contributed by atoms with E-state index in [1.54, 1.807) is 30.8 Å². The van der Waals surface area contributed by atoms with Crippen LogP contribution in [0.4, 0.5) is 0 Å². The number of hydrogen-bond acceptors (Lipinski definition) is 5. The molecule has 1 aromatic carbocycles. The van der Waals surface area contributed by atoms with Crippen molar-refractivity contribution >= 4 is 23.6 Å². The lowest BCUT2D eigenvalue weighted by molar-refractivity contribution is 0.0528. The topological polar surface area (TPSA) is 75.6 Å². The summed E-state index contributed by atoms with van der Waals surface area (Å²) in [6, 6.07) is 6.18. The van der Waals surface area contributed by atoms with E-state index < -0.39 is 11.6 Å². The second kappa shape index (κ2) is 8.05. The van der Waals surface area contributed by atoms with Crippen LogP contribution in [0.15, 0.2) is 24.3 Å². The average Bonchev–Trinajstić information content (AvgIpc) is 2.50. The van der Waals surface area contributed by atoms with Crippen LogP contribution in [0.1, 0.15) is 34.1 Å². The highest BCUT2D eigenvalue weighted by Gasteiger charge is 2.21. The van der Waals surface area contributed by atoms with Gasteiger partial charge in [0.1, 0.15) is 0 Å². The van der Waals surface area contributed by atoms with Crippen LogP contribution < -0.4 is 5.32 Å².